The number of amides is 1. The Morgan fingerprint density at radius 1 is 0.929 bits per heavy atom. The van der Waals surface area contributed by atoms with Crippen LogP contribution >= 0.6 is 0 Å². The van der Waals surface area contributed by atoms with Gasteiger partial charge in [-0.05, 0) is 42.5 Å². The van der Waals surface area contributed by atoms with Crippen LogP contribution in [0.2, 0.25) is 0 Å². The van der Waals surface area contributed by atoms with Gasteiger partial charge in [0.05, 0.1) is 0 Å². The van der Waals surface area contributed by atoms with Crippen LogP contribution in [0.4, 0.5) is 21.7 Å². The van der Waals surface area contributed by atoms with E-state index in [4.69, 9.17) is 0 Å². The lowest BCUT2D eigenvalue weighted by atomic mass is 10.2. The molecule has 4 rings (SSSR count). The topological polar surface area (TPSA) is 61.4 Å². The number of hydrogen-bond acceptors (Lipinski definition) is 5. The highest BCUT2D eigenvalue weighted by molar-refractivity contribution is 5.92. The van der Waals surface area contributed by atoms with E-state index in [1.165, 1.54) is 12.1 Å². The molecule has 0 aliphatic carbocycles. The monoisotopic (exact) mass is 377 g/mol. The van der Waals surface area contributed by atoms with Gasteiger partial charge in [0.15, 0.2) is 0 Å². The van der Waals surface area contributed by atoms with Crippen LogP contribution in [0.15, 0.2) is 66.9 Å². The fourth-order valence-electron chi connectivity index (χ4n) is 3.17. The van der Waals surface area contributed by atoms with Crippen LogP contribution in [0, 0.1) is 5.82 Å². The third kappa shape index (κ3) is 4.09. The van der Waals surface area contributed by atoms with E-state index in [2.05, 4.69) is 20.2 Å². The van der Waals surface area contributed by atoms with Crippen molar-refractivity contribution in [2.45, 2.75) is 0 Å². The Morgan fingerprint density at radius 3 is 2.36 bits per heavy atom. The normalized spacial score (nSPS) is 14.0. The Kier molecular flexibility index (Phi) is 5.14. The largest absolute Gasteiger partial charge is 0.368 e. The Morgan fingerprint density at radius 2 is 1.64 bits per heavy atom. The maximum Gasteiger partial charge on any atom is 0.272 e. The Bertz CT molecular complexity index is 941. The first kappa shape index (κ1) is 17.9. The molecule has 142 valence electrons. The number of aromatic nitrogens is 2. The van der Waals surface area contributed by atoms with E-state index in [9.17, 15) is 9.18 Å². The fraction of sp³-hybridized carbons (Fsp3) is 0.190. The Hall–Kier alpha value is -3.48. The Balaban J connectivity index is 1.40. The van der Waals surface area contributed by atoms with Crippen molar-refractivity contribution in [2.24, 2.45) is 0 Å². The van der Waals surface area contributed by atoms with Crippen LogP contribution in [-0.2, 0) is 0 Å². The predicted octanol–water partition coefficient (Wildman–Crippen LogP) is 3.32. The zero-order valence-corrected chi connectivity index (χ0v) is 15.3. The van der Waals surface area contributed by atoms with Gasteiger partial charge in [-0.3, -0.25) is 4.79 Å². The van der Waals surface area contributed by atoms with Crippen LogP contribution in [0.5, 0.6) is 0 Å². The van der Waals surface area contributed by atoms with E-state index in [0.29, 0.717) is 37.8 Å². The quantitative estimate of drug-likeness (QED) is 0.756. The summed E-state index contributed by atoms with van der Waals surface area (Å²) >= 11 is 0. The lowest BCUT2D eigenvalue weighted by Crippen LogP contribution is -2.49. The number of benzene rings is 2. The zero-order chi connectivity index (χ0) is 19.3. The molecule has 28 heavy (non-hydrogen) atoms. The molecule has 2 aromatic carbocycles. The average Bonchev–Trinajstić information content (AvgIpc) is 2.75. The highest BCUT2D eigenvalue weighted by Gasteiger charge is 2.23. The fourth-order valence-corrected chi connectivity index (χ4v) is 3.17. The predicted molar refractivity (Wildman–Crippen MR) is 106 cm³/mol. The van der Waals surface area contributed by atoms with E-state index in [1.54, 1.807) is 29.3 Å². The molecule has 1 N–H and O–H groups in total. The summed E-state index contributed by atoms with van der Waals surface area (Å²) in [7, 11) is 0. The number of para-hydroxylation sites is 1. The molecule has 7 heteroatoms. The van der Waals surface area contributed by atoms with Crippen LogP contribution in [0.25, 0.3) is 0 Å². The molecule has 0 saturated carbocycles. The summed E-state index contributed by atoms with van der Waals surface area (Å²) < 4.78 is 13.1. The third-order valence-electron chi connectivity index (χ3n) is 4.66. The first-order valence-corrected chi connectivity index (χ1v) is 9.14. The molecular formula is C21H20FN5O. The van der Waals surface area contributed by atoms with Crippen molar-refractivity contribution in [3.63, 3.8) is 0 Å². The maximum atomic E-state index is 13.1. The van der Waals surface area contributed by atoms with Gasteiger partial charge in [-0.25, -0.2) is 14.4 Å². The number of carbonyl (C=O) groups is 1. The standard InChI is InChI=1S/C21H20FN5O/c22-16-6-8-18(9-7-16)26-12-14-27(15-13-26)20(28)19-10-11-23-21(25-19)24-17-4-2-1-3-5-17/h1-11H,12-15H2,(H,23,24,25). The maximum absolute atomic E-state index is 13.1. The molecule has 1 aliphatic heterocycles. The smallest absolute Gasteiger partial charge is 0.272 e. The average molecular weight is 377 g/mol. The van der Waals surface area contributed by atoms with Crippen molar-refractivity contribution in [2.75, 3.05) is 36.4 Å². The molecular weight excluding hydrogens is 357 g/mol. The number of nitrogens with one attached hydrogen (secondary N) is 1. The summed E-state index contributed by atoms with van der Waals surface area (Å²) in [5.74, 6) is 0.0282. The number of hydrogen-bond donors (Lipinski definition) is 1. The van der Waals surface area contributed by atoms with Gasteiger partial charge in [-0.15, -0.1) is 0 Å². The molecule has 2 heterocycles. The number of rotatable bonds is 4. The first-order valence-electron chi connectivity index (χ1n) is 9.14. The lowest BCUT2D eigenvalue weighted by molar-refractivity contribution is 0.0741. The molecule has 0 atom stereocenters. The SMILES string of the molecule is O=C(c1ccnc(Nc2ccccc2)n1)N1CCN(c2ccc(F)cc2)CC1. The second-order valence-corrected chi connectivity index (χ2v) is 6.51. The van der Waals surface area contributed by atoms with Crippen molar-refractivity contribution < 1.29 is 9.18 Å². The van der Waals surface area contributed by atoms with Gasteiger partial charge in [0.25, 0.3) is 5.91 Å². The number of anilines is 3. The molecule has 6 nitrogen and oxygen atoms in total. The van der Waals surface area contributed by atoms with E-state index in [0.717, 1.165) is 11.4 Å². The first-order chi connectivity index (χ1) is 13.7. The molecule has 0 bridgehead atoms. The van der Waals surface area contributed by atoms with E-state index < -0.39 is 0 Å². The van der Waals surface area contributed by atoms with E-state index >= 15 is 0 Å². The van der Waals surface area contributed by atoms with Crippen molar-refractivity contribution >= 4 is 23.2 Å². The Labute approximate surface area is 162 Å². The van der Waals surface area contributed by atoms with Crippen molar-refractivity contribution in [3.8, 4) is 0 Å². The van der Waals surface area contributed by atoms with Gasteiger partial charge < -0.3 is 15.1 Å². The van der Waals surface area contributed by atoms with Gasteiger partial charge in [-0.2, -0.15) is 0 Å². The van der Waals surface area contributed by atoms with Gasteiger partial charge in [0, 0.05) is 43.8 Å². The van der Waals surface area contributed by atoms with Crippen molar-refractivity contribution in [1.29, 1.82) is 0 Å². The molecule has 0 unspecified atom stereocenters. The minimum atomic E-state index is -0.249. The number of piperazine rings is 1. The minimum Gasteiger partial charge on any atom is -0.368 e. The highest BCUT2D eigenvalue weighted by Crippen LogP contribution is 2.18. The summed E-state index contributed by atoms with van der Waals surface area (Å²) in [5.41, 5.74) is 2.19. The summed E-state index contributed by atoms with van der Waals surface area (Å²) in [4.78, 5) is 25.3. The van der Waals surface area contributed by atoms with Crippen molar-refractivity contribution in [1.82, 2.24) is 14.9 Å². The molecule has 1 saturated heterocycles. The van der Waals surface area contributed by atoms with Crippen molar-refractivity contribution in [3.05, 3.63) is 78.4 Å². The lowest BCUT2D eigenvalue weighted by Gasteiger charge is -2.36. The molecule has 1 aromatic heterocycles. The molecule has 1 fully saturated rings. The highest BCUT2D eigenvalue weighted by atomic mass is 19.1. The van der Waals surface area contributed by atoms with Crippen LogP contribution < -0.4 is 10.2 Å². The number of halogens is 1. The molecule has 3 aromatic rings. The molecule has 1 aliphatic rings. The van der Waals surface area contributed by atoms with E-state index in [1.807, 2.05) is 30.3 Å². The van der Waals surface area contributed by atoms with Crippen LogP contribution in [0.1, 0.15) is 10.5 Å². The number of nitrogens with zero attached hydrogens (tertiary/aromatic N) is 4. The molecule has 0 spiro atoms. The van der Waals surface area contributed by atoms with Gasteiger partial charge in [0.1, 0.15) is 11.5 Å². The third-order valence-corrected chi connectivity index (χ3v) is 4.66. The summed E-state index contributed by atoms with van der Waals surface area (Å²) in [6.07, 6.45) is 1.58. The molecule has 1 amide bonds. The van der Waals surface area contributed by atoms with Gasteiger partial charge in [-0.1, -0.05) is 18.2 Å². The number of carbonyl (C=O) groups excluding carboxylic acids is 1. The summed E-state index contributed by atoms with van der Waals surface area (Å²) in [6.45, 7) is 2.55. The van der Waals surface area contributed by atoms with E-state index in [-0.39, 0.29) is 11.7 Å². The van der Waals surface area contributed by atoms with Crippen LogP contribution in [-0.4, -0.2) is 47.0 Å². The second kappa shape index (κ2) is 8.04. The van der Waals surface area contributed by atoms with Gasteiger partial charge in [0.2, 0.25) is 5.95 Å². The second-order valence-electron chi connectivity index (χ2n) is 6.51. The summed E-state index contributed by atoms with van der Waals surface area (Å²) in [5, 5.41) is 3.10. The van der Waals surface area contributed by atoms with Gasteiger partial charge >= 0.3 is 0 Å². The summed E-state index contributed by atoms with van der Waals surface area (Å²) in [6, 6.07) is 17.6. The minimum absolute atomic E-state index is 0.114. The molecule has 0 radical (unpaired) electrons. The van der Waals surface area contributed by atoms with Crippen LogP contribution in [0.3, 0.4) is 0 Å². The zero-order valence-electron chi connectivity index (χ0n) is 15.3.